The molecule has 0 bridgehead atoms. The zero-order valence-corrected chi connectivity index (χ0v) is 11.3. The maximum Gasteiger partial charge on any atom is 0.339 e. The number of hydrogen-bond donors (Lipinski definition) is 1. The second-order valence-electron chi connectivity index (χ2n) is 5.33. The zero-order chi connectivity index (χ0) is 14.1. The van der Waals surface area contributed by atoms with Crippen LogP contribution in [0.5, 0.6) is 0 Å². The van der Waals surface area contributed by atoms with Crippen molar-refractivity contribution in [2.24, 2.45) is 0 Å². The van der Waals surface area contributed by atoms with Gasteiger partial charge in [-0.1, -0.05) is 29.8 Å². The fraction of sp³-hybridized carbons (Fsp3) is 0.312. The Labute approximate surface area is 117 Å². The van der Waals surface area contributed by atoms with E-state index in [2.05, 4.69) is 16.0 Å². The number of aryl methyl sites for hydroxylation is 1. The molecule has 0 amide bonds. The Hall–Kier alpha value is -2.23. The van der Waals surface area contributed by atoms with Crippen LogP contribution < -0.4 is 0 Å². The van der Waals surface area contributed by atoms with Gasteiger partial charge in [-0.25, -0.2) is 14.8 Å². The van der Waals surface area contributed by atoms with Crippen LogP contribution in [-0.4, -0.2) is 21.0 Å². The zero-order valence-electron chi connectivity index (χ0n) is 11.3. The smallest absolute Gasteiger partial charge is 0.339 e. The number of nitrogens with zero attached hydrogens (tertiary/aromatic N) is 2. The van der Waals surface area contributed by atoms with E-state index in [-0.39, 0.29) is 5.56 Å². The highest BCUT2D eigenvalue weighted by Crippen LogP contribution is 2.40. The lowest BCUT2D eigenvalue weighted by molar-refractivity contribution is 0.0694. The number of aromatic nitrogens is 2. The van der Waals surface area contributed by atoms with Crippen molar-refractivity contribution in [3.05, 3.63) is 58.7 Å². The Morgan fingerprint density at radius 1 is 1.40 bits per heavy atom. The second kappa shape index (κ2) is 5.04. The molecule has 3 rings (SSSR count). The van der Waals surface area contributed by atoms with Crippen LogP contribution in [0.1, 0.15) is 51.8 Å². The highest BCUT2D eigenvalue weighted by atomic mass is 16.4. The molecule has 4 nitrogen and oxygen atoms in total. The van der Waals surface area contributed by atoms with Gasteiger partial charge in [0.25, 0.3) is 0 Å². The van der Waals surface area contributed by atoms with Crippen LogP contribution >= 0.6 is 0 Å². The van der Waals surface area contributed by atoms with Gasteiger partial charge in [0.2, 0.25) is 0 Å². The van der Waals surface area contributed by atoms with Crippen LogP contribution in [0, 0.1) is 6.92 Å². The first-order valence-corrected chi connectivity index (χ1v) is 6.78. The molecule has 4 heteroatoms. The Kier molecular flexibility index (Phi) is 3.22. The van der Waals surface area contributed by atoms with Crippen LogP contribution in [-0.2, 0) is 6.42 Å². The highest BCUT2D eigenvalue weighted by molar-refractivity contribution is 5.88. The lowest BCUT2D eigenvalue weighted by Crippen LogP contribution is -2.08. The topological polar surface area (TPSA) is 63.1 Å². The van der Waals surface area contributed by atoms with Gasteiger partial charge < -0.3 is 5.11 Å². The highest BCUT2D eigenvalue weighted by Gasteiger charge is 2.30. The van der Waals surface area contributed by atoms with Crippen molar-refractivity contribution in [1.29, 1.82) is 0 Å². The third-order valence-electron chi connectivity index (χ3n) is 3.51. The normalized spacial score (nSPS) is 14.2. The quantitative estimate of drug-likeness (QED) is 0.926. The molecule has 0 radical (unpaired) electrons. The molecule has 0 unspecified atom stereocenters. The van der Waals surface area contributed by atoms with E-state index < -0.39 is 5.97 Å². The number of rotatable bonds is 4. The van der Waals surface area contributed by atoms with E-state index in [1.165, 1.54) is 11.8 Å². The molecule has 1 aromatic heterocycles. The monoisotopic (exact) mass is 268 g/mol. The number of carbonyl (C=O) groups is 1. The van der Waals surface area contributed by atoms with E-state index >= 15 is 0 Å². The predicted octanol–water partition coefficient (Wildman–Crippen LogP) is 2.95. The minimum atomic E-state index is -0.936. The lowest BCUT2D eigenvalue weighted by atomic mass is 10.1. The average Bonchev–Trinajstić information content (AvgIpc) is 3.22. The van der Waals surface area contributed by atoms with Crippen molar-refractivity contribution in [3.8, 4) is 0 Å². The molecule has 1 aromatic carbocycles. The van der Waals surface area contributed by atoms with E-state index in [1.54, 1.807) is 0 Å². The Morgan fingerprint density at radius 3 is 2.85 bits per heavy atom. The maximum absolute atomic E-state index is 11.2. The first-order chi connectivity index (χ1) is 9.63. The van der Waals surface area contributed by atoms with Crippen molar-refractivity contribution in [3.63, 3.8) is 0 Å². The molecule has 1 heterocycles. The molecule has 0 aliphatic heterocycles. The summed E-state index contributed by atoms with van der Waals surface area (Å²) in [6.45, 7) is 2.05. The summed E-state index contributed by atoms with van der Waals surface area (Å²) < 4.78 is 0. The number of aromatic carboxylic acids is 1. The maximum atomic E-state index is 11.2. The van der Waals surface area contributed by atoms with E-state index in [0.717, 1.165) is 18.4 Å². The van der Waals surface area contributed by atoms with E-state index in [9.17, 15) is 9.90 Å². The number of carboxylic acids is 1. The van der Waals surface area contributed by atoms with Crippen molar-refractivity contribution >= 4 is 5.97 Å². The molecular weight excluding hydrogens is 252 g/mol. The van der Waals surface area contributed by atoms with Crippen molar-refractivity contribution < 1.29 is 9.90 Å². The summed E-state index contributed by atoms with van der Waals surface area (Å²) in [6, 6.07) is 8.20. The fourth-order valence-corrected chi connectivity index (χ4v) is 2.36. The fourth-order valence-electron chi connectivity index (χ4n) is 2.36. The SMILES string of the molecule is Cc1cccc(Cc2ncc(C(=O)O)c(C3CC3)n2)c1. The summed E-state index contributed by atoms with van der Waals surface area (Å²) in [7, 11) is 0. The largest absolute Gasteiger partial charge is 0.478 e. The second-order valence-corrected chi connectivity index (χ2v) is 5.33. The van der Waals surface area contributed by atoms with Gasteiger partial charge in [0.15, 0.2) is 0 Å². The third-order valence-corrected chi connectivity index (χ3v) is 3.51. The third kappa shape index (κ3) is 2.69. The first-order valence-electron chi connectivity index (χ1n) is 6.78. The Bertz CT molecular complexity index is 663. The van der Waals surface area contributed by atoms with Gasteiger partial charge in [-0.15, -0.1) is 0 Å². The molecule has 0 atom stereocenters. The first kappa shape index (κ1) is 12.8. The molecule has 102 valence electrons. The number of carboxylic acid groups (broad SMARTS) is 1. The van der Waals surface area contributed by atoms with Gasteiger partial charge >= 0.3 is 5.97 Å². The van der Waals surface area contributed by atoms with Crippen molar-refractivity contribution in [1.82, 2.24) is 9.97 Å². The molecule has 20 heavy (non-hydrogen) atoms. The van der Waals surface area contributed by atoms with Gasteiger partial charge in [0.1, 0.15) is 5.82 Å². The summed E-state index contributed by atoms with van der Waals surface area (Å²) in [6.07, 6.45) is 4.15. The molecule has 0 saturated heterocycles. The van der Waals surface area contributed by atoms with E-state index in [4.69, 9.17) is 0 Å². The Morgan fingerprint density at radius 2 is 2.20 bits per heavy atom. The summed E-state index contributed by atoms with van der Waals surface area (Å²) in [4.78, 5) is 19.9. The summed E-state index contributed by atoms with van der Waals surface area (Å²) in [5.74, 6) is 0.0665. The van der Waals surface area contributed by atoms with Gasteiger partial charge in [-0.2, -0.15) is 0 Å². The number of hydrogen-bond acceptors (Lipinski definition) is 3. The minimum absolute atomic E-state index is 0.250. The van der Waals surface area contributed by atoms with Crippen LogP contribution in [0.2, 0.25) is 0 Å². The van der Waals surface area contributed by atoms with Gasteiger partial charge in [-0.3, -0.25) is 0 Å². The molecule has 0 spiro atoms. The molecule has 1 saturated carbocycles. The van der Waals surface area contributed by atoms with Crippen LogP contribution in [0.25, 0.3) is 0 Å². The standard InChI is InChI=1S/C16H16N2O2/c1-10-3-2-4-11(7-10)8-14-17-9-13(16(19)20)15(18-14)12-5-6-12/h2-4,7,9,12H,5-6,8H2,1H3,(H,19,20). The number of benzene rings is 1. The lowest BCUT2D eigenvalue weighted by Gasteiger charge is -2.07. The molecule has 1 fully saturated rings. The summed E-state index contributed by atoms with van der Waals surface area (Å²) >= 11 is 0. The van der Waals surface area contributed by atoms with Gasteiger partial charge in [0.05, 0.1) is 11.3 Å². The van der Waals surface area contributed by atoms with E-state index in [1.807, 2.05) is 25.1 Å². The van der Waals surface area contributed by atoms with Crippen molar-refractivity contribution in [2.75, 3.05) is 0 Å². The summed E-state index contributed by atoms with van der Waals surface area (Å²) in [5.41, 5.74) is 3.30. The van der Waals surface area contributed by atoms with Crippen LogP contribution in [0.3, 0.4) is 0 Å². The molecule has 1 aliphatic carbocycles. The van der Waals surface area contributed by atoms with Gasteiger partial charge in [-0.05, 0) is 25.3 Å². The van der Waals surface area contributed by atoms with E-state index in [0.29, 0.717) is 23.9 Å². The molecule has 2 aromatic rings. The van der Waals surface area contributed by atoms with Crippen LogP contribution in [0.4, 0.5) is 0 Å². The summed E-state index contributed by atoms with van der Waals surface area (Å²) in [5, 5.41) is 9.18. The van der Waals surface area contributed by atoms with Crippen molar-refractivity contribution in [2.45, 2.75) is 32.1 Å². The minimum Gasteiger partial charge on any atom is -0.478 e. The van der Waals surface area contributed by atoms with Crippen LogP contribution in [0.15, 0.2) is 30.5 Å². The Balaban J connectivity index is 1.91. The molecule has 1 N–H and O–H groups in total. The molecular formula is C16H16N2O2. The average molecular weight is 268 g/mol. The molecule has 1 aliphatic rings. The predicted molar refractivity (Wildman–Crippen MR) is 75.0 cm³/mol. The van der Waals surface area contributed by atoms with Gasteiger partial charge in [0, 0.05) is 18.5 Å².